The maximum atomic E-state index is 14.0. The van der Waals surface area contributed by atoms with Gasteiger partial charge in [0.2, 0.25) is 0 Å². The fourth-order valence-electron chi connectivity index (χ4n) is 7.47. The van der Waals surface area contributed by atoms with Crippen molar-refractivity contribution >= 4 is 32.8 Å². The van der Waals surface area contributed by atoms with Gasteiger partial charge in [-0.05, 0) is 95.5 Å². The van der Waals surface area contributed by atoms with E-state index in [-0.39, 0.29) is 22.7 Å². The molecule has 0 saturated carbocycles. The van der Waals surface area contributed by atoms with Crippen LogP contribution >= 0.6 is 0 Å². The summed E-state index contributed by atoms with van der Waals surface area (Å²) < 4.78 is 36.9. The van der Waals surface area contributed by atoms with E-state index in [1.165, 1.54) is 3.97 Å². The predicted molar refractivity (Wildman–Crippen MR) is 203 cm³/mol. The topological polar surface area (TPSA) is 119 Å². The molecule has 5 aromatic rings. The molecule has 0 bridgehead atoms. The number of nitrogens with zero attached hydrogens (tertiary/aromatic N) is 8. The van der Waals surface area contributed by atoms with Crippen LogP contribution in [-0.4, -0.2) is 99.7 Å². The number of aromatic nitrogens is 5. The molecule has 0 unspecified atom stereocenters. The van der Waals surface area contributed by atoms with Crippen molar-refractivity contribution in [3.8, 4) is 22.4 Å². The van der Waals surface area contributed by atoms with E-state index < -0.39 is 15.6 Å². The average Bonchev–Trinajstić information content (AvgIpc) is 3.77. The van der Waals surface area contributed by atoms with Gasteiger partial charge in [0.1, 0.15) is 5.60 Å². The van der Waals surface area contributed by atoms with Crippen LogP contribution in [0.1, 0.15) is 57.7 Å². The molecule has 52 heavy (non-hydrogen) atoms. The van der Waals surface area contributed by atoms with Crippen molar-refractivity contribution in [3.63, 3.8) is 0 Å². The minimum absolute atomic E-state index is 0.177. The number of carbonyl (C=O) groups excluding carboxylic acids is 1. The number of hydrogen-bond donors (Lipinski definition) is 0. The van der Waals surface area contributed by atoms with E-state index >= 15 is 0 Å². The molecule has 0 aliphatic carbocycles. The van der Waals surface area contributed by atoms with Crippen LogP contribution in [-0.2, 0) is 14.8 Å². The maximum absolute atomic E-state index is 14.0. The largest absolute Gasteiger partial charge is 0.444 e. The van der Waals surface area contributed by atoms with Crippen LogP contribution in [0.2, 0.25) is 0 Å². The van der Waals surface area contributed by atoms with Gasteiger partial charge < -0.3 is 19.4 Å². The number of carbonyl (C=O) groups is 1. The molecular formula is C39H48N8O4S. The first-order chi connectivity index (χ1) is 24.8. The molecule has 5 heterocycles. The van der Waals surface area contributed by atoms with Gasteiger partial charge in [-0.25, -0.2) is 17.2 Å². The van der Waals surface area contributed by atoms with Crippen LogP contribution in [0.25, 0.3) is 33.4 Å². The zero-order valence-corrected chi connectivity index (χ0v) is 31.7. The Balaban J connectivity index is 1.22. The lowest BCUT2D eigenvalue weighted by Crippen LogP contribution is -2.50. The summed E-state index contributed by atoms with van der Waals surface area (Å²) in [6.45, 7) is 17.7. The number of aryl methyl sites for hydroxylation is 2. The third-order valence-electron chi connectivity index (χ3n) is 10.1. The molecule has 1 amide bonds. The minimum Gasteiger partial charge on any atom is -0.444 e. The van der Waals surface area contributed by atoms with Crippen LogP contribution < -0.4 is 4.90 Å². The lowest BCUT2D eigenvalue weighted by atomic mass is 9.99. The highest BCUT2D eigenvalue weighted by atomic mass is 32.2. The number of rotatable bonds is 7. The van der Waals surface area contributed by atoms with Gasteiger partial charge in [0, 0.05) is 79.4 Å². The second-order valence-electron chi connectivity index (χ2n) is 14.9. The second kappa shape index (κ2) is 14.0. The molecule has 274 valence electrons. The number of hydrogen-bond acceptors (Lipinski definition) is 9. The molecule has 7 rings (SSSR count). The Bertz CT molecular complexity index is 2170. The fraction of sp³-hybridized carbons (Fsp3) is 0.436. The van der Waals surface area contributed by atoms with Crippen LogP contribution in [0.5, 0.6) is 0 Å². The first kappa shape index (κ1) is 35.6. The summed E-state index contributed by atoms with van der Waals surface area (Å²) >= 11 is 0. The highest BCUT2D eigenvalue weighted by molar-refractivity contribution is 7.90. The molecular weight excluding hydrogens is 677 g/mol. The molecule has 2 aliphatic rings. The van der Waals surface area contributed by atoms with Gasteiger partial charge in [-0.2, -0.15) is 5.10 Å². The van der Waals surface area contributed by atoms with Crippen molar-refractivity contribution in [2.45, 2.75) is 70.9 Å². The number of amides is 1. The van der Waals surface area contributed by atoms with E-state index in [0.717, 1.165) is 66.0 Å². The predicted octanol–water partition coefficient (Wildman–Crippen LogP) is 6.53. The van der Waals surface area contributed by atoms with E-state index in [1.54, 1.807) is 41.4 Å². The molecule has 2 saturated heterocycles. The Kier molecular flexibility index (Phi) is 9.60. The molecule has 0 spiro atoms. The number of anilines is 1. The molecule has 3 aromatic heterocycles. The summed E-state index contributed by atoms with van der Waals surface area (Å²) in [5.74, 6) is 0. The van der Waals surface area contributed by atoms with Gasteiger partial charge in [0.15, 0.2) is 5.65 Å². The highest BCUT2D eigenvalue weighted by Gasteiger charge is 2.29. The number of fused-ring (bicyclic) bond motifs is 1. The lowest BCUT2D eigenvalue weighted by Gasteiger charge is -2.38. The second-order valence-corrected chi connectivity index (χ2v) is 16.7. The Morgan fingerprint density at radius 2 is 1.56 bits per heavy atom. The smallest absolute Gasteiger partial charge is 0.410 e. The summed E-state index contributed by atoms with van der Waals surface area (Å²) in [5, 5.41) is 14.6. The first-order valence-electron chi connectivity index (χ1n) is 18.1. The van der Waals surface area contributed by atoms with E-state index in [9.17, 15) is 13.2 Å². The van der Waals surface area contributed by atoms with Crippen LogP contribution in [0.15, 0.2) is 72.0 Å². The van der Waals surface area contributed by atoms with E-state index in [2.05, 4.69) is 52.9 Å². The van der Waals surface area contributed by atoms with Crippen LogP contribution in [0, 0.1) is 13.8 Å². The number of ether oxygens (including phenoxy) is 1. The Hall–Kier alpha value is -4.75. The monoisotopic (exact) mass is 724 g/mol. The van der Waals surface area contributed by atoms with Gasteiger partial charge in [0.05, 0.1) is 22.8 Å². The van der Waals surface area contributed by atoms with Gasteiger partial charge >= 0.3 is 6.09 Å². The average molecular weight is 725 g/mol. The van der Waals surface area contributed by atoms with Crippen molar-refractivity contribution in [3.05, 3.63) is 78.2 Å². The molecule has 2 fully saturated rings. The normalized spacial score (nSPS) is 16.5. The summed E-state index contributed by atoms with van der Waals surface area (Å²) in [4.78, 5) is 19.4. The molecule has 0 atom stereocenters. The van der Waals surface area contributed by atoms with Crippen molar-refractivity contribution in [1.82, 2.24) is 33.8 Å². The zero-order chi connectivity index (χ0) is 36.8. The van der Waals surface area contributed by atoms with Crippen molar-refractivity contribution in [1.29, 1.82) is 0 Å². The van der Waals surface area contributed by atoms with Crippen molar-refractivity contribution in [2.75, 3.05) is 50.7 Å². The molecule has 12 nitrogen and oxygen atoms in total. The number of piperidine rings is 1. The van der Waals surface area contributed by atoms with Gasteiger partial charge in [0.25, 0.3) is 10.0 Å². The summed E-state index contributed by atoms with van der Waals surface area (Å²) in [6.07, 6.45) is 7.27. The third-order valence-corrected chi connectivity index (χ3v) is 11.8. The highest BCUT2D eigenvalue weighted by Crippen LogP contribution is 2.37. The zero-order valence-electron chi connectivity index (χ0n) is 30.9. The number of likely N-dealkylation sites (tertiary alicyclic amines) is 1. The summed E-state index contributed by atoms with van der Waals surface area (Å²) in [5.41, 5.74) is 6.15. The molecule has 0 radical (unpaired) electrons. The van der Waals surface area contributed by atoms with Crippen molar-refractivity contribution < 1.29 is 17.9 Å². The molecule has 2 aliphatic heterocycles. The van der Waals surface area contributed by atoms with E-state index in [4.69, 9.17) is 9.84 Å². The van der Waals surface area contributed by atoms with E-state index in [1.807, 2.05) is 43.9 Å². The Morgan fingerprint density at radius 1 is 0.885 bits per heavy atom. The quantitative estimate of drug-likeness (QED) is 0.185. The third kappa shape index (κ3) is 7.03. The molecule has 0 N–H and O–H groups in total. The Morgan fingerprint density at radius 3 is 2.19 bits per heavy atom. The van der Waals surface area contributed by atoms with Crippen LogP contribution in [0.4, 0.5) is 10.5 Å². The van der Waals surface area contributed by atoms with Gasteiger partial charge in [-0.15, -0.1) is 10.2 Å². The SMILES string of the molecule is CCN1CCC(n2cc(-c3cn(S(=O)(=O)c4ccccc4)c4nnc(-c5cc(C)c(N6CCN(C(=O)OC(C)(C)C)CC6)c(C)c5)cc34)cn2)CC1. The van der Waals surface area contributed by atoms with Crippen molar-refractivity contribution in [2.24, 2.45) is 0 Å². The summed E-state index contributed by atoms with van der Waals surface area (Å²) in [7, 11) is -3.96. The minimum atomic E-state index is -3.96. The van der Waals surface area contributed by atoms with Gasteiger partial charge in [-0.3, -0.25) is 4.68 Å². The van der Waals surface area contributed by atoms with Crippen LogP contribution in [0.3, 0.4) is 0 Å². The first-order valence-corrected chi connectivity index (χ1v) is 19.6. The standard InChI is InChI=1S/C39H48N8O4S/c1-7-43-15-13-31(14-16-43)46-25-30(24-40-46)34-26-47(52(49,50)32-11-9-8-10-12-32)37-33(34)23-35(41-42-37)29-21-27(2)36(28(3)22-29)44-17-19-45(20-18-44)38(48)51-39(4,5)6/h8-12,21-26,31H,7,13-20H2,1-6H3. The van der Waals surface area contributed by atoms with E-state index in [0.29, 0.717) is 37.3 Å². The number of piperazine rings is 1. The number of benzene rings is 2. The molecule has 2 aromatic carbocycles. The summed E-state index contributed by atoms with van der Waals surface area (Å²) in [6, 6.07) is 14.9. The maximum Gasteiger partial charge on any atom is 0.410 e. The fourth-order valence-corrected chi connectivity index (χ4v) is 8.81. The lowest BCUT2D eigenvalue weighted by molar-refractivity contribution is 0.0240. The molecule has 13 heteroatoms. The van der Waals surface area contributed by atoms with Gasteiger partial charge in [-0.1, -0.05) is 25.1 Å². The Labute approximate surface area is 306 Å².